The van der Waals surface area contributed by atoms with Crippen LogP contribution < -0.4 is 0 Å². The van der Waals surface area contributed by atoms with Crippen LogP contribution in [0, 0.1) is 19.7 Å². The molecule has 3 nitrogen and oxygen atoms in total. The van der Waals surface area contributed by atoms with Gasteiger partial charge in [0.15, 0.2) is 0 Å². The van der Waals surface area contributed by atoms with Crippen molar-refractivity contribution < 1.29 is 19.0 Å². The molecule has 0 saturated carbocycles. The zero-order chi connectivity index (χ0) is 15.6. The smallest absolute Gasteiger partial charge is 0.337 e. The van der Waals surface area contributed by atoms with Crippen molar-refractivity contribution in [3.05, 3.63) is 58.4 Å². The lowest BCUT2D eigenvalue weighted by molar-refractivity contribution is 0.0600. The third kappa shape index (κ3) is 3.11. The Morgan fingerprint density at radius 1 is 1.14 bits per heavy atom. The average molecular weight is 288 g/mol. The van der Waals surface area contributed by atoms with Gasteiger partial charge in [-0.3, -0.25) is 0 Å². The molecular formula is C17H17FO3. The number of aliphatic hydroxyl groups excluding tert-OH is 1. The van der Waals surface area contributed by atoms with Crippen LogP contribution in [-0.2, 0) is 11.3 Å². The first-order valence-corrected chi connectivity index (χ1v) is 6.56. The van der Waals surface area contributed by atoms with E-state index in [4.69, 9.17) is 4.74 Å². The largest absolute Gasteiger partial charge is 0.465 e. The van der Waals surface area contributed by atoms with Gasteiger partial charge in [-0.15, -0.1) is 0 Å². The Hall–Kier alpha value is -2.20. The third-order valence-corrected chi connectivity index (χ3v) is 3.38. The van der Waals surface area contributed by atoms with E-state index in [1.807, 2.05) is 13.8 Å². The molecule has 0 aliphatic carbocycles. The summed E-state index contributed by atoms with van der Waals surface area (Å²) in [6, 6.07) is 7.97. The highest BCUT2D eigenvalue weighted by molar-refractivity contribution is 5.91. The van der Waals surface area contributed by atoms with Crippen molar-refractivity contribution in [2.75, 3.05) is 7.11 Å². The van der Waals surface area contributed by atoms with Gasteiger partial charge in [0.25, 0.3) is 0 Å². The van der Waals surface area contributed by atoms with Crippen LogP contribution in [0.1, 0.15) is 27.0 Å². The molecule has 0 spiro atoms. The number of methoxy groups -OCH3 is 1. The summed E-state index contributed by atoms with van der Waals surface area (Å²) in [4.78, 5) is 11.7. The van der Waals surface area contributed by atoms with Gasteiger partial charge < -0.3 is 9.84 Å². The Morgan fingerprint density at radius 3 is 2.29 bits per heavy atom. The second-order valence-corrected chi connectivity index (χ2v) is 4.98. The average Bonchev–Trinajstić information content (AvgIpc) is 2.44. The minimum absolute atomic E-state index is 0.183. The first-order chi connectivity index (χ1) is 9.96. The quantitative estimate of drug-likeness (QED) is 0.881. The maximum absolute atomic E-state index is 13.4. The monoisotopic (exact) mass is 288 g/mol. The number of ether oxygens (including phenoxy) is 1. The van der Waals surface area contributed by atoms with Gasteiger partial charge in [0.2, 0.25) is 0 Å². The second-order valence-electron chi connectivity index (χ2n) is 4.98. The summed E-state index contributed by atoms with van der Waals surface area (Å²) in [6.07, 6.45) is 0. The molecule has 0 fully saturated rings. The van der Waals surface area contributed by atoms with Crippen molar-refractivity contribution in [1.29, 1.82) is 0 Å². The molecule has 110 valence electrons. The summed E-state index contributed by atoms with van der Waals surface area (Å²) in [5.74, 6) is -0.760. The van der Waals surface area contributed by atoms with E-state index in [1.54, 1.807) is 18.2 Å². The Bertz CT molecular complexity index is 669. The predicted octanol–water partition coefficient (Wildman–Crippen LogP) is 3.39. The molecule has 2 rings (SSSR count). The number of carbonyl (C=O) groups is 1. The second kappa shape index (κ2) is 6.06. The number of hydrogen-bond donors (Lipinski definition) is 1. The lowest BCUT2D eigenvalue weighted by Gasteiger charge is -2.13. The maximum atomic E-state index is 13.4. The van der Waals surface area contributed by atoms with Gasteiger partial charge in [-0.05, 0) is 72.0 Å². The fourth-order valence-corrected chi connectivity index (χ4v) is 2.53. The van der Waals surface area contributed by atoms with Gasteiger partial charge in [0, 0.05) is 0 Å². The molecule has 21 heavy (non-hydrogen) atoms. The molecule has 0 aliphatic rings. The van der Waals surface area contributed by atoms with E-state index in [2.05, 4.69) is 0 Å². The molecule has 0 radical (unpaired) electrons. The van der Waals surface area contributed by atoms with Gasteiger partial charge in [-0.1, -0.05) is 0 Å². The zero-order valence-corrected chi connectivity index (χ0v) is 12.2. The van der Waals surface area contributed by atoms with Crippen molar-refractivity contribution in [3.63, 3.8) is 0 Å². The molecule has 0 atom stereocenters. The molecule has 2 aromatic rings. The zero-order valence-electron chi connectivity index (χ0n) is 12.2. The van der Waals surface area contributed by atoms with Crippen LogP contribution in [0.5, 0.6) is 0 Å². The standard InChI is InChI=1S/C17H17FO3/c1-10-4-15(18)5-11(2)16(10)13-6-12(9-19)7-14(8-13)17(20)21-3/h4-8,19H,9H2,1-3H3. The van der Waals surface area contributed by atoms with Crippen LogP contribution in [0.4, 0.5) is 4.39 Å². The number of carbonyl (C=O) groups excluding carboxylic acids is 1. The topological polar surface area (TPSA) is 46.5 Å². The number of rotatable bonds is 3. The SMILES string of the molecule is COC(=O)c1cc(CO)cc(-c2c(C)cc(F)cc2C)c1. The van der Waals surface area contributed by atoms with E-state index in [9.17, 15) is 14.3 Å². The molecule has 2 aromatic carbocycles. The molecular weight excluding hydrogens is 271 g/mol. The van der Waals surface area contributed by atoms with E-state index in [-0.39, 0.29) is 12.4 Å². The summed E-state index contributed by atoms with van der Waals surface area (Å²) in [7, 11) is 1.31. The Labute approximate surface area is 123 Å². The predicted molar refractivity (Wildman–Crippen MR) is 78.6 cm³/mol. The molecule has 0 saturated heterocycles. The van der Waals surface area contributed by atoms with E-state index < -0.39 is 5.97 Å². The van der Waals surface area contributed by atoms with Gasteiger partial charge >= 0.3 is 5.97 Å². The Kier molecular flexibility index (Phi) is 4.38. The highest BCUT2D eigenvalue weighted by Crippen LogP contribution is 2.30. The molecule has 0 unspecified atom stereocenters. The van der Waals surface area contributed by atoms with E-state index in [0.717, 1.165) is 22.3 Å². The molecule has 0 aromatic heterocycles. The number of esters is 1. The molecule has 0 aliphatic heterocycles. The lowest BCUT2D eigenvalue weighted by Crippen LogP contribution is -2.03. The van der Waals surface area contributed by atoms with Crippen molar-refractivity contribution in [1.82, 2.24) is 0 Å². The van der Waals surface area contributed by atoms with Crippen LogP contribution in [0.25, 0.3) is 11.1 Å². The number of hydrogen-bond acceptors (Lipinski definition) is 3. The van der Waals surface area contributed by atoms with E-state index in [1.165, 1.54) is 19.2 Å². The van der Waals surface area contributed by atoms with Crippen LogP contribution in [0.3, 0.4) is 0 Å². The summed E-state index contributed by atoms with van der Waals surface area (Å²) in [6.45, 7) is 3.45. The molecule has 1 N–H and O–H groups in total. The van der Waals surface area contributed by atoms with Gasteiger partial charge in [-0.25, -0.2) is 9.18 Å². The fraction of sp³-hybridized carbons (Fsp3) is 0.235. The molecule has 0 amide bonds. The van der Waals surface area contributed by atoms with Crippen molar-refractivity contribution >= 4 is 5.97 Å². The summed E-state index contributed by atoms with van der Waals surface area (Å²) >= 11 is 0. The van der Waals surface area contributed by atoms with E-state index in [0.29, 0.717) is 11.1 Å². The number of aryl methyl sites for hydroxylation is 2. The Morgan fingerprint density at radius 2 is 1.76 bits per heavy atom. The molecule has 0 bridgehead atoms. The van der Waals surface area contributed by atoms with Crippen molar-refractivity contribution in [2.45, 2.75) is 20.5 Å². The van der Waals surface area contributed by atoms with Gasteiger partial charge in [0.05, 0.1) is 19.3 Å². The Balaban J connectivity index is 2.66. The highest BCUT2D eigenvalue weighted by Gasteiger charge is 2.13. The van der Waals surface area contributed by atoms with Crippen molar-refractivity contribution in [3.8, 4) is 11.1 Å². The molecule has 0 heterocycles. The maximum Gasteiger partial charge on any atom is 0.337 e. The van der Waals surface area contributed by atoms with Crippen molar-refractivity contribution in [2.24, 2.45) is 0 Å². The lowest BCUT2D eigenvalue weighted by atomic mass is 9.93. The normalized spacial score (nSPS) is 10.5. The third-order valence-electron chi connectivity index (χ3n) is 3.38. The fourth-order valence-electron chi connectivity index (χ4n) is 2.53. The number of benzene rings is 2. The summed E-state index contributed by atoms with van der Waals surface area (Å²) < 4.78 is 18.1. The van der Waals surface area contributed by atoms with Gasteiger partial charge in [0.1, 0.15) is 5.82 Å². The minimum Gasteiger partial charge on any atom is -0.465 e. The van der Waals surface area contributed by atoms with E-state index >= 15 is 0 Å². The highest BCUT2D eigenvalue weighted by atomic mass is 19.1. The van der Waals surface area contributed by atoms with Crippen LogP contribution in [0.15, 0.2) is 30.3 Å². The minimum atomic E-state index is -0.469. The number of aliphatic hydroxyl groups is 1. The number of halogens is 1. The van der Waals surface area contributed by atoms with Crippen LogP contribution in [-0.4, -0.2) is 18.2 Å². The van der Waals surface area contributed by atoms with Gasteiger partial charge in [-0.2, -0.15) is 0 Å². The first-order valence-electron chi connectivity index (χ1n) is 6.56. The summed E-state index contributed by atoms with van der Waals surface area (Å²) in [5, 5.41) is 9.36. The summed E-state index contributed by atoms with van der Waals surface area (Å²) in [5.41, 5.74) is 4.14. The van der Waals surface area contributed by atoms with Crippen LogP contribution >= 0.6 is 0 Å². The van der Waals surface area contributed by atoms with Crippen LogP contribution in [0.2, 0.25) is 0 Å². The molecule has 4 heteroatoms. The first kappa shape index (κ1) is 15.2.